The molecule has 0 amide bonds. The standard InChI is InChI=1S/C6H5O3P.H3O4P/c7-10-8-5-3-1-2-4-6(5)9-10;1-5(2,3)4/h1-4,10H;(H3,1,2,3,4). The number of hydrogen-bond donors (Lipinski definition) is 3. The Hall–Kier alpha value is -0.840. The summed E-state index contributed by atoms with van der Waals surface area (Å²) in [4.78, 5) is 21.6. The van der Waals surface area contributed by atoms with Crippen LogP contribution in [-0.4, -0.2) is 14.7 Å². The van der Waals surface area contributed by atoms with Crippen molar-refractivity contribution < 1.29 is 32.9 Å². The maximum Gasteiger partial charge on any atom is 0.466 e. The molecule has 0 aromatic heterocycles. The third kappa shape index (κ3) is 4.97. The van der Waals surface area contributed by atoms with Gasteiger partial charge in [-0.1, -0.05) is 12.1 Å². The first-order valence-corrected chi connectivity index (χ1v) is 6.42. The smallest absolute Gasteiger partial charge is 0.414 e. The van der Waals surface area contributed by atoms with Crippen molar-refractivity contribution in [2.24, 2.45) is 0 Å². The van der Waals surface area contributed by atoms with Gasteiger partial charge in [0.15, 0.2) is 11.5 Å². The van der Waals surface area contributed by atoms with E-state index < -0.39 is 16.1 Å². The zero-order valence-corrected chi connectivity index (χ0v) is 9.13. The highest BCUT2D eigenvalue weighted by Gasteiger charge is 2.17. The maximum absolute atomic E-state index is 10.6. The van der Waals surface area contributed by atoms with Crippen molar-refractivity contribution >= 4 is 16.1 Å². The predicted molar refractivity (Wildman–Crippen MR) is 51.0 cm³/mol. The summed E-state index contributed by atoms with van der Waals surface area (Å²) in [7, 11) is -6.90. The predicted octanol–water partition coefficient (Wildman–Crippen LogP) is 0.919. The lowest BCUT2D eigenvalue weighted by Gasteiger charge is -1.88. The van der Waals surface area contributed by atoms with Crippen molar-refractivity contribution in [3.63, 3.8) is 0 Å². The summed E-state index contributed by atoms with van der Waals surface area (Å²) in [6.07, 6.45) is 0. The first-order chi connectivity index (χ1) is 6.86. The van der Waals surface area contributed by atoms with E-state index in [2.05, 4.69) is 0 Å². The summed E-state index contributed by atoms with van der Waals surface area (Å²) in [6.45, 7) is 0. The van der Waals surface area contributed by atoms with Gasteiger partial charge in [0.05, 0.1) is 0 Å². The second-order valence-electron chi connectivity index (χ2n) is 2.41. The van der Waals surface area contributed by atoms with Gasteiger partial charge in [0, 0.05) is 0 Å². The second kappa shape index (κ2) is 4.79. The van der Waals surface area contributed by atoms with Crippen molar-refractivity contribution in [3.8, 4) is 11.5 Å². The normalized spacial score (nSPS) is 14.3. The molecular weight excluding hydrogens is 246 g/mol. The Balaban J connectivity index is 0.000000195. The van der Waals surface area contributed by atoms with Crippen LogP contribution in [-0.2, 0) is 9.13 Å². The molecule has 1 aromatic rings. The molecule has 7 nitrogen and oxygen atoms in total. The van der Waals surface area contributed by atoms with Gasteiger partial charge in [0.1, 0.15) is 0 Å². The van der Waals surface area contributed by atoms with Crippen LogP contribution in [0.1, 0.15) is 0 Å². The first kappa shape index (κ1) is 12.2. The molecule has 0 spiro atoms. The summed E-state index contributed by atoms with van der Waals surface area (Å²) in [5.74, 6) is 1.15. The molecule has 0 fully saturated rings. The van der Waals surface area contributed by atoms with E-state index in [1.54, 1.807) is 12.1 Å². The molecule has 1 heterocycles. The highest BCUT2D eigenvalue weighted by Crippen LogP contribution is 2.44. The molecule has 84 valence electrons. The molecule has 0 radical (unpaired) electrons. The summed E-state index contributed by atoms with van der Waals surface area (Å²) in [5, 5.41) is 0. The number of rotatable bonds is 0. The largest absolute Gasteiger partial charge is 0.466 e. The van der Waals surface area contributed by atoms with Crippen LogP contribution in [0.25, 0.3) is 0 Å². The molecule has 0 saturated heterocycles. The van der Waals surface area contributed by atoms with Gasteiger partial charge in [0.25, 0.3) is 0 Å². The van der Waals surface area contributed by atoms with E-state index in [0.717, 1.165) is 0 Å². The van der Waals surface area contributed by atoms with Crippen LogP contribution in [0.3, 0.4) is 0 Å². The van der Waals surface area contributed by atoms with Gasteiger partial charge < -0.3 is 23.7 Å². The summed E-state index contributed by atoms with van der Waals surface area (Å²) < 4.78 is 29.2. The SMILES string of the molecule is O=P(O)(O)O.O=[PH]1Oc2ccccc2O1. The zero-order valence-electron chi connectivity index (χ0n) is 7.23. The minimum Gasteiger partial charge on any atom is -0.414 e. The lowest BCUT2D eigenvalue weighted by molar-refractivity contribution is 0.275. The summed E-state index contributed by atoms with van der Waals surface area (Å²) in [6, 6.07) is 7.07. The van der Waals surface area contributed by atoms with Crippen molar-refractivity contribution in [2.75, 3.05) is 0 Å². The molecule has 1 aliphatic rings. The van der Waals surface area contributed by atoms with Crippen LogP contribution in [0.15, 0.2) is 24.3 Å². The fourth-order valence-corrected chi connectivity index (χ4v) is 1.56. The van der Waals surface area contributed by atoms with Crippen molar-refractivity contribution in [3.05, 3.63) is 24.3 Å². The number of para-hydroxylation sites is 2. The monoisotopic (exact) mass is 254 g/mol. The van der Waals surface area contributed by atoms with Crippen LogP contribution in [0.5, 0.6) is 11.5 Å². The molecule has 3 N–H and O–H groups in total. The minimum absolute atomic E-state index is 0.575. The van der Waals surface area contributed by atoms with Gasteiger partial charge in [-0.3, -0.25) is 0 Å². The highest BCUT2D eigenvalue weighted by molar-refractivity contribution is 7.45. The van der Waals surface area contributed by atoms with Crippen molar-refractivity contribution in [1.82, 2.24) is 0 Å². The van der Waals surface area contributed by atoms with Gasteiger partial charge in [-0.2, -0.15) is 0 Å². The lowest BCUT2D eigenvalue weighted by atomic mass is 10.3. The fraction of sp³-hybridized carbons (Fsp3) is 0. The van der Waals surface area contributed by atoms with Crippen LogP contribution in [0.2, 0.25) is 0 Å². The second-order valence-corrected chi connectivity index (χ2v) is 4.35. The van der Waals surface area contributed by atoms with E-state index in [1.807, 2.05) is 12.1 Å². The average molecular weight is 254 g/mol. The average Bonchev–Trinajstić information content (AvgIpc) is 2.40. The molecule has 1 aromatic carbocycles. The first-order valence-electron chi connectivity index (χ1n) is 3.63. The van der Waals surface area contributed by atoms with Crippen LogP contribution in [0, 0.1) is 0 Å². The van der Waals surface area contributed by atoms with Crippen LogP contribution in [0.4, 0.5) is 0 Å². The Bertz CT molecular complexity index is 376. The molecule has 0 atom stereocenters. The van der Waals surface area contributed by atoms with Crippen LogP contribution < -0.4 is 9.05 Å². The molecule has 0 bridgehead atoms. The van der Waals surface area contributed by atoms with Gasteiger partial charge in [-0.15, -0.1) is 0 Å². The van der Waals surface area contributed by atoms with Crippen molar-refractivity contribution in [2.45, 2.75) is 0 Å². The van der Waals surface area contributed by atoms with E-state index in [1.165, 1.54) is 0 Å². The Morgan fingerprint density at radius 3 is 1.73 bits per heavy atom. The lowest BCUT2D eigenvalue weighted by Crippen LogP contribution is -1.69. The van der Waals surface area contributed by atoms with Gasteiger partial charge in [0.2, 0.25) is 0 Å². The molecule has 15 heavy (non-hydrogen) atoms. The highest BCUT2D eigenvalue weighted by atomic mass is 31.2. The fourth-order valence-electron chi connectivity index (χ4n) is 0.819. The Kier molecular flexibility index (Phi) is 3.90. The minimum atomic E-state index is -4.64. The summed E-state index contributed by atoms with van der Waals surface area (Å²) in [5.41, 5.74) is 0. The number of hydrogen-bond acceptors (Lipinski definition) is 4. The number of fused-ring (bicyclic) bond motifs is 1. The Labute approximate surface area is 85.5 Å². The molecule has 0 unspecified atom stereocenters. The van der Waals surface area contributed by atoms with E-state index in [-0.39, 0.29) is 0 Å². The Morgan fingerprint density at radius 2 is 1.40 bits per heavy atom. The van der Waals surface area contributed by atoms with E-state index >= 15 is 0 Å². The number of phosphoric acid groups is 1. The third-order valence-electron chi connectivity index (χ3n) is 1.24. The molecule has 0 aliphatic carbocycles. The quantitative estimate of drug-likeness (QED) is 0.590. The van der Waals surface area contributed by atoms with Gasteiger partial charge in [-0.25, -0.2) is 9.13 Å². The topological polar surface area (TPSA) is 113 Å². The van der Waals surface area contributed by atoms with Gasteiger partial charge >= 0.3 is 16.1 Å². The summed E-state index contributed by atoms with van der Waals surface area (Å²) >= 11 is 0. The van der Waals surface area contributed by atoms with E-state index in [4.69, 9.17) is 28.3 Å². The molecular formula is C6H8O7P2. The zero-order chi connectivity index (χ0) is 11.5. The van der Waals surface area contributed by atoms with E-state index in [0.29, 0.717) is 11.5 Å². The van der Waals surface area contributed by atoms with Crippen LogP contribution >= 0.6 is 16.1 Å². The molecule has 9 heteroatoms. The van der Waals surface area contributed by atoms with Gasteiger partial charge in [-0.05, 0) is 12.1 Å². The number of benzene rings is 1. The Morgan fingerprint density at radius 1 is 1.07 bits per heavy atom. The third-order valence-corrected chi connectivity index (χ3v) is 2.01. The van der Waals surface area contributed by atoms with Crippen molar-refractivity contribution in [1.29, 1.82) is 0 Å². The van der Waals surface area contributed by atoms with E-state index in [9.17, 15) is 4.57 Å². The molecule has 2 rings (SSSR count). The molecule has 0 saturated carbocycles. The molecule has 1 aliphatic heterocycles. The maximum atomic E-state index is 10.6.